The van der Waals surface area contributed by atoms with Crippen molar-refractivity contribution < 1.29 is 0 Å². The summed E-state index contributed by atoms with van der Waals surface area (Å²) < 4.78 is 0. The number of hydrogen-bond acceptors (Lipinski definition) is 7. The highest BCUT2D eigenvalue weighted by molar-refractivity contribution is 6.70. The number of hydrogen-bond donors (Lipinski definition) is 3. The Kier molecular flexibility index (Phi) is 4.85. The highest BCUT2D eigenvalue weighted by atomic mass is 15.3. The zero-order chi connectivity index (χ0) is 18.5. The average molecular weight is 343 g/mol. The second-order valence-electron chi connectivity index (χ2n) is 5.70. The van der Waals surface area contributed by atoms with Crippen LogP contribution >= 0.6 is 0 Å². The molecule has 128 valence electrons. The van der Waals surface area contributed by atoms with E-state index in [1.165, 1.54) is 0 Å². The van der Waals surface area contributed by atoms with E-state index in [1.807, 2.05) is 31.2 Å². The third-order valence-corrected chi connectivity index (χ3v) is 3.82. The van der Waals surface area contributed by atoms with Crippen molar-refractivity contribution in [3.05, 3.63) is 71.6 Å². The molecule has 4 N–H and O–H groups in total. The van der Waals surface area contributed by atoms with E-state index >= 15 is 0 Å². The van der Waals surface area contributed by atoms with Crippen molar-refractivity contribution in [1.29, 1.82) is 10.7 Å². The fourth-order valence-corrected chi connectivity index (χ4v) is 2.40. The molecule has 7 nitrogen and oxygen atoms in total. The smallest absolute Gasteiger partial charge is 0.151 e. The Morgan fingerprint density at radius 3 is 2.85 bits per heavy atom. The molecule has 1 aromatic heterocycles. The van der Waals surface area contributed by atoms with Gasteiger partial charge in [-0.25, -0.2) is 4.99 Å². The third-order valence-electron chi connectivity index (χ3n) is 3.82. The van der Waals surface area contributed by atoms with Crippen molar-refractivity contribution in [1.82, 2.24) is 10.4 Å². The van der Waals surface area contributed by atoms with Gasteiger partial charge in [0.1, 0.15) is 11.4 Å². The van der Waals surface area contributed by atoms with Crippen LogP contribution in [0.4, 0.5) is 0 Å². The predicted molar refractivity (Wildman–Crippen MR) is 102 cm³/mol. The number of hydrazone groups is 1. The fourth-order valence-electron chi connectivity index (χ4n) is 2.40. The molecule has 0 saturated heterocycles. The molecular weight excluding hydrogens is 326 g/mol. The van der Waals surface area contributed by atoms with Crippen molar-refractivity contribution in [3.63, 3.8) is 0 Å². The van der Waals surface area contributed by atoms with E-state index in [0.717, 1.165) is 11.3 Å². The van der Waals surface area contributed by atoms with E-state index < -0.39 is 0 Å². The van der Waals surface area contributed by atoms with Gasteiger partial charge in [0.15, 0.2) is 5.84 Å². The minimum atomic E-state index is -0.129. The Labute approximate surface area is 151 Å². The maximum Gasteiger partial charge on any atom is 0.151 e. The molecule has 2 aromatic rings. The number of benzene rings is 1. The second kappa shape index (κ2) is 7.40. The van der Waals surface area contributed by atoms with Gasteiger partial charge in [-0.05, 0) is 37.3 Å². The highest BCUT2D eigenvalue weighted by Gasteiger charge is 2.18. The van der Waals surface area contributed by atoms with Crippen LogP contribution in [-0.2, 0) is 0 Å². The molecule has 0 aliphatic carbocycles. The van der Waals surface area contributed by atoms with Crippen LogP contribution in [0, 0.1) is 16.7 Å². The number of rotatable bonds is 4. The second-order valence-corrected chi connectivity index (χ2v) is 5.70. The Balaban J connectivity index is 1.88. The Morgan fingerprint density at radius 1 is 1.27 bits per heavy atom. The number of aliphatic imine (C=N–C) groups is 1. The van der Waals surface area contributed by atoms with Crippen molar-refractivity contribution in [3.8, 4) is 6.07 Å². The summed E-state index contributed by atoms with van der Waals surface area (Å²) in [5.41, 5.74) is 12.0. The van der Waals surface area contributed by atoms with Gasteiger partial charge in [0.05, 0.1) is 29.1 Å². The molecule has 3 rings (SSSR count). The molecule has 1 aliphatic heterocycles. The number of pyridine rings is 1. The molecule has 0 saturated carbocycles. The molecule has 1 unspecified atom stereocenters. The number of allylic oxidation sites excluding steroid dienone is 1. The largest absolute Gasteiger partial charge is 0.382 e. The summed E-state index contributed by atoms with van der Waals surface area (Å²) in [7, 11) is 0. The first-order valence-corrected chi connectivity index (χ1v) is 7.98. The molecule has 1 aliphatic rings. The molecule has 2 heterocycles. The molecule has 0 radical (unpaired) electrons. The molecular formula is C19H17N7. The van der Waals surface area contributed by atoms with Gasteiger partial charge in [0.25, 0.3) is 0 Å². The Hall–Kier alpha value is -3.79. The topological polar surface area (TPSA) is 123 Å². The van der Waals surface area contributed by atoms with Crippen LogP contribution < -0.4 is 11.2 Å². The van der Waals surface area contributed by atoms with Gasteiger partial charge in [-0.3, -0.25) is 10.4 Å². The average Bonchev–Trinajstić information content (AvgIpc) is 2.69. The van der Waals surface area contributed by atoms with Crippen molar-refractivity contribution in [2.75, 3.05) is 0 Å². The number of aromatic nitrogens is 1. The molecule has 0 spiro atoms. The third kappa shape index (κ3) is 3.65. The number of nitriles is 1. The van der Waals surface area contributed by atoms with E-state index in [1.54, 1.807) is 30.5 Å². The predicted octanol–water partition coefficient (Wildman–Crippen LogP) is 2.39. The first kappa shape index (κ1) is 17.0. The Bertz CT molecular complexity index is 965. The first-order chi connectivity index (χ1) is 12.6. The normalized spacial score (nSPS) is 16.5. The van der Waals surface area contributed by atoms with Gasteiger partial charge in [-0.1, -0.05) is 18.2 Å². The summed E-state index contributed by atoms with van der Waals surface area (Å²) in [5.74, 6) is 0.0795. The molecule has 0 fully saturated rings. The van der Waals surface area contributed by atoms with Gasteiger partial charge in [0, 0.05) is 11.8 Å². The molecule has 0 amide bonds. The fraction of sp³-hybridized carbons (Fsp3) is 0.105. The molecule has 7 heteroatoms. The first-order valence-electron chi connectivity index (χ1n) is 7.98. The zero-order valence-corrected chi connectivity index (χ0v) is 14.1. The van der Waals surface area contributed by atoms with Gasteiger partial charge < -0.3 is 11.2 Å². The standard InChI is InChI=1S/C19H17N7/c1-12(15-7-2-3-8-23-15)25-26-17-10-16(24-19(22)18(17)21)14-6-4-5-13(9-14)11-20/h2-10,12,21,25H,1H3,(H2,22,24)/b21-18?,26-17-. The molecule has 1 aromatic carbocycles. The van der Waals surface area contributed by atoms with E-state index in [0.29, 0.717) is 17.0 Å². The van der Waals surface area contributed by atoms with E-state index in [4.69, 9.17) is 16.4 Å². The lowest BCUT2D eigenvalue weighted by Crippen LogP contribution is -2.33. The van der Waals surface area contributed by atoms with Gasteiger partial charge in [0.2, 0.25) is 0 Å². The summed E-state index contributed by atoms with van der Waals surface area (Å²) in [6.45, 7) is 1.93. The molecule has 0 bridgehead atoms. The van der Waals surface area contributed by atoms with E-state index in [9.17, 15) is 0 Å². The van der Waals surface area contributed by atoms with Gasteiger partial charge in [-0.15, -0.1) is 0 Å². The maximum absolute atomic E-state index is 9.06. The van der Waals surface area contributed by atoms with Crippen molar-refractivity contribution in [2.45, 2.75) is 13.0 Å². The van der Waals surface area contributed by atoms with Crippen LogP contribution in [0.25, 0.3) is 5.70 Å². The van der Waals surface area contributed by atoms with Gasteiger partial charge in [-0.2, -0.15) is 10.4 Å². The number of nitrogens with zero attached hydrogens (tertiary/aromatic N) is 4. The highest BCUT2D eigenvalue weighted by Crippen LogP contribution is 2.20. The van der Waals surface area contributed by atoms with E-state index in [2.05, 4.69) is 26.6 Å². The zero-order valence-electron chi connectivity index (χ0n) is 14.1. The minimum absolute atomic E-state index is 0.0471. The monoisotopic (exact) mass is 343 g/mol. The lowest BCUT2D eigenvalue weighted by molar-refractivity contribution is 0.591. The summed E-state index contributed by atoms with van der Waals surface area (Å²) in [4.78, 5) is 8.52. The summed E-state index contributed by atoms with van der Waals surface area (Å²) in [5, 5.41) is 21.5. The Morgan fingerprint density at radius 2 is 2.12 bits per heavy atom. The lowest BCUT2D eigenvalue weighted by atomic mass is 10.0. The summed E-state index contributed by atoms with van der Waals surface area (Å²) in [6, 6.07) is 14.7. The molecule has 1 atom stereocenters. The van der Waals surface area contributed by atoms with E-state index in [-0.39, 0.29) is 17.6 Å². The van der Waals surface area contributed by atoms with Crippen LogP contribution in [0.3, 0.4) is 0 Å². The van der Waals surface area contributed by atoms with Crippen molar-refractivity contribution >= 4 is 23.0 Å². The maximum atomic E-state index is 9.06. The van der Waals surface area contributed by atoms with Crippen molar-refractivity contribution in [2.24, 2.45) is 15.8 Å². The number of nitrogens with two attached hydrogens (primary N) is 1. The van der Waals surface area contributed by atoms with Crippen LogP contribution in [0.5, 0.6) is 0 Å². The minimum Gasteiger partial charge on any atom is -0.382 e. The molecule has 26 heavy (non-hydrogen) atoms. The van der Waals surface area contributed by atoms with Gasteiger partial charge >= 0.3 is 0 Å². The number of amidine groups is 1. The summed E-state index contributed by atoms with van der Waals surface area (Å²) in [6.07, 6.45) is 3.39. The van der Waals surface area contributed by atoms with Crippen LogP contribution in [0.1, 0.15) is 29.8 Å². The number of nitrogens with one attached hydrogen (secondary N) is 2. The van der Waals surface area contributed by atoms with Crippen LogP contribution in [0.2, 0.25) is 0 Å². The lowest BCUT2D eigenvalue weighted by Gasteiger charge is -2.15. The quantitative estimate of drug-likeness (QED) is 0.737. The summed E-state index contributed by atoms with van der Waals surface area (Å²) >= 11 is 0. The van der Waals surface area contributed by atoms with Crippen LogP contribution in [-0.4, -0.2) is 22.2 Å². The SMILES string of the molecule is CC(N/N=C1/C=C(c2cccc(C#N)c2)N=C(N)C1=N)c1ccccn1. The van der Waals surface area contributed by atoms with Crippen LogP contribution in [0.15, 0.2) is 64.8 Å².